The summed E-state index contributed by atoms with van der Waals surface area (Å²) >= 11 is 0. The molecule has 0 bridgehead atoms. The maximum atomic E-state index is 12.8. The lowest BCUT2D eigenvalue weighted by Gasteiger charge is -2.14. The van der Waals surface area contributed by atoms with Crippen LogP contribution in [0.2, 0.25) is 0 Å². The van der Waals surface area contributed by atoms with E-state index in [4.69, 9.17) is 0 Å². The maximum absolute atomic E-state index is 12.8. The van der Waals surface area contributed by atoms with Crippen molar-refractivity contribution < 1.29 is 18.0 Å². The summed E-state index contributed by atoms with van der Waals surface area (Å²) < 4.78 is 38.3. The molecule has 1 saturated carbocycles. The highest BCUT2D eigenvalue weighted by Gasteiger charge is 2.31. The number of aromatic nitrogens is 3. The van der Waals surface area contributed by atoms with Crippen molar-refractivity contribution in [2.75, 3.05) is 17.2 Å². The lowest BCUT2D eigenvalue weighted by molar-refractivity contribution is -0.137. The van der Waals surface area contributed by atoms with E-state index in [1.165, 1.54) is 25.2 Å². The second-order valence-corrected chi connectivity index (χ2v) is 6.20. The second-order valence-electron chi connectivity index (χ2n) is 6.20. The summed E-state index contributed by atoms with van der Waals surface area (Å²) in [7, 11) is 0. The van der Waals surface area contributed by atoms with Crippen LogP contribution in [0.3, 0.4) is 0 Å². The van der Waals surface area contributed by atoms with Gasteiger partial charge in [-0.1, -0.05) is 12.8 Å². The number of anilines is 2. The lowest BCUT2D eigenvalue weighted by atomic mass is 10.1. The van der Waals surface area contributed by atoms with Crippen LogP contribution in [-0.2, 0) is 6.18 Å². The molecule has 6 nitrogen and oxygen atoms in total. The summed E-state index contributed by atoms with van der Waals surface area (Å²) in [6.45, 7) is 0.685. The van der Waals surface area contributed by atoms with E-state index >= 15 is 0 Å². The van der Waals surface area contributed by atoms with Gasteiger partial charge >= 0.3 is 6.18 Å². The number of nitrogens with one attached hydrogen (secondary N) is 2. The zero-order valence-corrected chi connectivity index (χ0v) is 13.9. The van der Waals surface area contributed by atoms with Crippen molar-refractivity contribution in [1.82, 2.24) is 15.0 Å². The van der Waals surface area contributed by atoms with Crippen molar-refractivity contribution in [2.45, 2.75) is 31.9 Å². The lowest BCUT2D eigenvalue weighted by Crippen LogP contribution is -2.20. The van der Waals surface area contributed by atoms with Gasteiger partial charge in [-0.2, -0.15) is 13.2 Å². The van der Waals surface area contributed by atoms with Crippen molar-refractivity contribution in [3.63, 3.8) is 0 Å². The predicted octanol–water partition coefficient (Wildman–Crippen LogP) is 3.74. The van der Waals surface area contributed by atoms with Crippen LogP contribution in [0.5, 0.6) is 0 Å². The number of hydrogen-bond donors (Lipinski definition) is 2. The molecule has 0 aliphatic heterocycles. The van der Waals surface area contributed by atoms with Gasteiger partial charge in [0.05, 0.1) is 17.4 Å². The Labute approximate surface area is 148 Å². The molecule has 1 amide bonds. The van der Waals surface area contributed by atoms with Crippen molar-refractivity contribution in [2.24, 2.45) is 5.92 Å². The molecule has 0 spiro atoms. The Bertz CT molecular complexity index is 775. The van der Waals surface area contributed by atoms with Gasteiger partial charge in [-0.3, -0.25) is 9.78 Å². The first-order valence-corrected chi connectivity index (χ1v) is 8.32. The smallest absolute Gasteiger partial charge is 0.368 e. The number of rotatable bonds is 5. The van der Waals surface area contributed by atoms with E-state index in [1.807, 2.05) is 0 Å². The fourth-order valence-corrected chi connectivity index (χ4v) is 2.94. The molecule has 2 N–H and O–H groups in total. The molecule has 3 rings (SSSR count). The molecule has 1 fully saturated rings. The standard InChI is InChI=1S/C17H18F3N5O/c18-17(19,20)12-7-13(10-21-9-12)25-16(26)14-15(23-6-5-22-14)24-8-11-3-1-2-4-11/h5-7,9-11H,1-4,8H2,(H,23,24)(H,25,26). The zero-order valence-electron chi connectivity index (χ0n) is 13.9. The van der Waals surface area contributed by atoms with Gasteiger partial charge in [0, 0.05) is 25.1 Å². The highest BCUT2D eigenvalue weighted by Crippen LogP contribution is 2.30. The molecule has 2 aromatic rings. The van der Waals surface area contributed by atoms with E-state index in [0.717, 1.165) is 25.1 Å². The quantitative estimate of drug-likeness (QED) is 0.844. The number of halogens is 3. The highest BCUT2D eigenvalue weighted by molar-refractivity contribution is 6.05. The molecule has 26 heavy (non-hydrogen) atoms. The maximum Gasteiger partial charge on any atom is 0.417 e. The molecule has 0 saturated heterocycles. The number of carbonyl (C=O) groups excluding carboxylic acids is 1. The summed E-state index contributed by atoms with van der Waals surface area (Å²) in [4.78, 5) is 24.1. The van der Waals surface area contributed by atoms with Gasteiger partial charge in [0.25, 0.3) is 5.91 Å². The fourth-order valence-electron chi connectivity index (χ4n) is 2.94. The Hall–Kier alpha value is -2.71. The number of carbonyl (C=O) groups is 1. The molecule has 0 atom stereocenters. The zero-order chi connectivity index (χ0) is 18.6. The van der Waals surface area contributed by atoms with Gasteiger partial charge < -0.3 is 10.6 Å². The number of amides is 1. The topological polar surface area (TPSA) is 79.8 Å². The number of hydrogen-bond acceptors (Lipinski definition) is 5. The van der Waals surface area contributed by atoms with E-state index in [9.17, 15) is 18.0 Å². The Morgan fingerprint density at radius 2 is 1.88 bits per heavy atom. The largest absolute Gasteiger partial charge is 0.417 e. The Balaban J connectivity index is 1.71. The summed E-state index contributed by atoms with van der Waals surface area (Å²) in [6, 6.07) is 0.826. The molecular weight excluding hydrogens is 347 g/mol. The van der Waals surface area contributed by atoms with Crippen molar-refractivity contribution in [1.29, 1.82) is 0 Å². The molecule has 2 aromatic heterocycles. The summed E-state index contributed by atoms with van der Waals surface area (Å²) in [5.41, 5.74) is -0.964. The van der Waals surface area contributed by atoms with Crippen LogP contribution >= 0.6 is 0 Å². The average molecular weight is 365 g/mol. The number of nitrogens with zero attached hydrogens (tertiary/aromatic N) is 3. The summed E-state index contributed by atoms with van der Waals surface area (Å²) in [6.07, 6.45) is 4.79. The van der Waals surface area contributed by atoms with Gasteiger partial charge in [0.1, 0.15) is 0 Å². The van der Waals surface area contributed by atoms with Crippen LogP contribution in [0.1, 0.15) is 41.7 Å². The van der Waals surface area contributed by atoms with Gasteiger partial charge in [-0.05, 0) is 24.8 Å². The molecule has 0 unspecified atom stereocenters. The molecule has 0 radical (unpaired) electrons. The Morgan fingerprint density at radius 3 is 2.62 bits per heavy atom. The van der Waals surface area contributed by atoms with E-state index in [2.05, 4.69) is 25.6 Å². The van der Waals surface area contributed by atoms with Gasteiger partial charge in [-0.25, -0.2) is 9.97 Å². The first kappa shape index (κ1) is 18.1. The van der Waals surface area contributed by atoms with Crippen LogP contribution in [0, 0.1) is 5.92 Å². The fraction of sp³-hybridized carbons (Fsp3) is 0.412. The van der Waals surface area contributed by atoms with Crippen LogP contribution in [0.25, 0.3) is 0 Å². The second kappa shape index (κ2) is 7.67. The minimum atomic E-state index is -4.53. The molecule has 1 aliphatic rings. The molecule has 0 aromatic carbocycles. The van der Waals surface area contributed by atoms with Crippen LogP contribution < -0.4 is 10.6 Å². The summed E-state index contributed by atoms with van der Waals surface area (Å²) in [5, 5.41) is 5.52. The van der Waals surface area contributed by atoms with Crippen LogP contribution in [-0.4, -0.2) is 27.4 Å². The van der Waals surface area contributed by atoms with E-state index in [0.29, 0.717) is 24.5 Å². The van der Waals surface area contributed by atoms with Crippen molar-refractivity contribution in [3.8, 4) is 0 Å². The molecule has 9 heteroatoms. The predicted molar refractivity (Wildman–Crippen MR) is 89.7 cm³/mol. The molecule has 1 aliphatic carbocycles. The minimum absolute atomic E-state index is 0.0305. The third-order valence-electron chi connectivity index (χ3n) is 4.27. The molecular formula is C17H18F3N5O. The van der Waals surface area contributed by atoms with Crippen molar-refractivity contribution in [3.05, 3.63) is 42.1 Å². The highest BCUT2D eigenvalue weighted by atomic mass is 19.4. The van der Waals surface area contributed by atoms with Gasteiger partial charge in [0.2, 0.25) is 0 Å². The van der Waals surface area contributed by atoms with Crippen LogP contribution in [0.15, 0.2) is 30.9 Å². The number of pyridine rings is 1. The summed E-state index contributed by atoms with van der Waals surface area (Å²) in [5.74, 6) is 0.200. The third-order valence-corrected chi connectivity index (χ3v) is 4.27. The molecule has 2 heterocycles. The van der Waals surface area contributed by atoms with Crippen LogP contribution in [0.4, 0.5) is 24.7 Å². The van der Waals surface area contributed by atoms with E-state index < -0.39 is 17.6 Å². The first-order valence-electron chi connectivity index (χ1n) is 8.32. The Morgan fingerprint density at radius 1 is 1.15 bits per heavy atom. The van der Waals surface area contributed by atoms with Gasteiger partial charge in [-0.15, -0.1) is 0 Å². The monoisotopic (exact) mass is 365 g/mol. The number of alkyl halides is 3. The van der Waals surface area contributed by atoms with E-state index in [-0.39, 0.29) is 11.4 Å². The van der Waals surface area contributed by atoms with E-state index in [1.54, 1.807) is 0 Å². The first-order chi connectivity index (χ1) is 12.4. The van der Waals surface area contributed by atoms with Crippen molar-refractivity contribution >= 4 is 17.4 Å². The minimum Gasteiger partial charge on any atom is -0.368 e. The average Bonchev–Trinajstić information content (AvgIpc) is 3.13. The Kier molecular flexibility index (Phi) is 5.34. The van der Waals surface area contributed by atoms with Gasteiger partial charge in [0.15, 0.2) is 11.5 Å². The third kappa shape index (κ3) is 4.47. The normalized spacial score (nSPS) is 15.0. The molecule has 138 valence electrons. The SMILES string of the molecule is O=C(Nc1cncc(C(F)(F)F)c1)c1nccnc1NCC1CCCC1.